The molecule has 1 aromatic rings. The number of hydrogen-bond donors (Lipinski definition) is 1. The van der Waals surface area contributed by atoms with Gasteiger partial charge in [-0.3, -0.25) is 0 Å². The molecule has 0 heterocycles. The van der Waals surface area contributed by atoms with Crippen LogP contribution in [-0.4, -0.2) is 16.7 Å². The minimum atomic E-state index is -0.983. The van der Waals surface area contributed by atoms with Crippen LogP contribution < -0.4 is 4.74 Å². The summed E-state index contributed by atoms with van der Waals surface area (Å²) in [6, 6.07) is 4.52. The van der Waals surface area contributed by atoms with Crippen molar-refractivity contribution in [1.29, 1.82) is 0 Å². The van der Waals surface area contributed by atoms with Crippen LogP contribution in [0.3, 0.4) is 0 Å². The molecule has 0 aliphatic rings. The molecule has 0 amide bonds. The van der Waals surface area contributed by atoms with Gasteiger partial charge in [-0.2, -0.15) is 0 Å². The van der Waals surface area contributed by atoms with E-state index in [2.05, 4.69) is 21.9 Å². The molecule has 0 radical (unpaired) electrons. The Morgan fingerprint density at radius 1 is 1.56 bits per heavy atom. The quantitative estimate of drug-likeness (QED) is 0.867. The summed E-state index contributed by atoms with van der Waals surface area (Å²) in [6.45, 7) is 3.51. The third-order valence-electron chi connectivity index (χ3n) is 1.89. The molecule has 1 N–H and O–H groups in total. The highest BCUT2D eigenvalue weighted by atomic mass is 79.9. The molecule has 0 saturated heterocycles. The van der Waals surface area contributed by atoms with Gasteiger partial charge in [0.05, 0.1) is 10.0 Å². The van der Waals surface area contributed by atoms with Crippen LogP contribution in [0, 0.1) is 12.3 Å². The highest BCUT2D eigenvalue weighted by molar-refractivity contribution is 9.10. The average molecular weight is 283 g/mol. The van der Waals surface area contributed by atoms with Gasteiger partial charge in [0.2, 0.25) is 0 Å². The second kappa shape index (κ2) is 4.58. The maximum atomic E-state index is 10.7. The van der Waals surface area contributed by atoms with Crippen molar-refractivity contribution in [2.24, 2.45) is 0 Å². The van der Waals surface area contributed by atoms with Gasteiger partial charge in [0.15, 0.2) is 5.60 Å². The summed E-state index contributed by atoms with van der Waals surface area (Å²) in [7, 11) is 0. The van der Waals surface area contributed by atoms with Crippen molar-refractivity contribution < 1.29 is 14.6 Å². The smallest absolute Gasteiger partial charge is 0.335 e. The first-order valence-corrected chi connectivity index (χ1v) is 5.34. The second-order valence-corrected chi connectivity index (χ2v) is 4.56. The number of terminal acetylenes is 1. The first-order valence-electron chi connectivity index (χ1n) is 4.55. The third-order valence-corrected chi connectivity index (χ3v) is 2.51. The van der Waals surface area contributed by atoms with Gasteiger partial charge in [0.1, 0.15) is 5.75 Å². The molecule has 1 rings (SSSR count). The van der Waals surface area contributed by atoms with Gasteiger partial charge in [-0.05, 0) is 48.0 Å². The summed E-state index contributed by atoms with van der Waals surface area (Å²) in [4.78, 5) is 10.7. The predicted molar refractivity (Wildman–Crippen MR) is 64.6 cm³/mol. The van der Waals surface area contributed by atoms with Gasteiger partial charge in [0.25, 0.3) is 0 Å². The highest BCUT2D eigenvalue weighted by Gasteiger charge is 2.17. The predicted octanol–water partition coefficient (Wildman–Crippen LogP) is 2.94. The van der Waals surface area contributed by atoms with E-state index in [-0.39, 0.29) is 5.56 Å². The first-order chi connectivity index (χ1) is 7.35. The number of rotatable bonds is 3. The Kier molecular flexibility index (Phi) is 3.61. The molecule has 0 bridgehead atoms. The van der Waals surface area contributed by atoms with Gasteiger partial charge in [-0.15, -0.1) is 6.42 Å². The fourth-order valence-corrected chi connectivity index (χ4v) is 1.48. The van der Waals surface area contributed by atoms with Crippen molar-refractivity contribution in [3.8, 4) is 18.1 Å². The molecule has 0 fully saturated rings. The Hall–Kier alpha value is -1.47. The zero-order valence-corrected chi connectivity index (χ0v) is 10.5. The summed E-state index contributed by atoms with van der Waals surface area (Å²) >= 11 is 3.24. The lowest BCUT2D eigenvalue weighted by Crippen LogP contribution is -2.25. The van der Waals surface area contributed by atoms with E-state index in [1.807, 2.05) is 0 Å². The van der Waals surface area contributed by atoms with Crippen molar-refractivity contribution in [2.45, 2.75) is 19.4 Å². The number of halogens is 1. The fraction of sp³-hybridized carbons (Fsp3) is 0.250. The molecule has 4 heteroatoms. The topological polar surface area (TPSA) is 46.5 Å². The molecule has 84 valence electrons. The van der Waals surface area contributed by atoms with E-state index in [0.717, 1.165) is 0 Å². The third kappa shape index (κ3) is 3.01. The molecule has 0 aliphatic carbocycles. The van der Waals surface area contributed by atoms with Crippen molar-refractivity contribution in [3.05, 3.63) is 28.2 Å². The van der Waals surface area contributed by atoms with Crippen LogP contribution in [0.15, 0.2) is 22.7 Å². The summed E-state index contributed by atoms with van der Waals surface area (Å²) in [5, 5.41) is 8.78. The molecule has 3 nitrogen and oxygen atoms in total. The molecule has 0 atom stereocenters. The van der Waals surface area contributed by atoms with Crippen LogP contribution >= 0.6 is 15.9 Å². The van der Waals surface area contributed by atoms with Gasteiger partial charge in [-0.1, -0.05) is 5.92 Å². The lowest BCUT2D eigenvalue weighted by atomic mass is 10.1. The van der Waals surface area contributed by atoms with E-state index >= 15 is 0 Å². The summed E-state index contributed by atoms with van der Waals surface area (Å²) in [6.07, 6.45) is 5.30. The van der Waals surface area contributed by atoms with Gasteiger partial charge < -0.3 is 9.84 Å². The largest absolute Gasteiger partial charge is 0.478 e. The zero-order valence-electron chi connectivity index (χ0n) is 8.95. The van der Waals surface area contributed by atoms with Crippen LogP contribution in [0.25, 0.3) is 0 Å². The minimum Gasteiger partial charge on any atom is -0.478 e. The van der Waals surface area contributed by atoms with Gasteiger partial charge >= 0.3 is 5.97 Å². The van der Waals surface area contributed by atoms with Crippen molar-refractivity contribution in [3.63, 3.8) is 0 Å². The Morgan fingerprint density at radius 3 is 2.62 bits per heavy atom. The van der Waals surface area contributed by atoms with Crippen molar-refractivity contribution in [1.82, 2.24) is 0 Å². The molecule has 0 aromatic heterocycles. The van der Waals surface area contributed by atoms with Crippen molar-refractivity contribution in [2.75, 3.05) is 0 Å². The van der Waals surface area contributed by atoms with Crippen LogP contribution in [-0.2, 0) is 0 Å². The maximum absolute atomic E-state index is 10.7. The molecular formula is C12H11BrO3. The maximum Gasteiger partial charge on any atom is 0.335 e. The molecule has 16 heavy (non-hydrogen) atoms. The number of benzene rings is 1. The van der Waals surface area contributed by atoms with Gasteiger partial charge in [-0.25, -0.2) is 4.79 Å². The normalized spacial score (nSPS) is 10.6. The minimum absolute atomic E-state index is 0.192. The van der Waals surface area contributed by atoms with Crippen LogP contribution in [0.2, 0.25) is 0 Å². The molecule has 1 aromatic carbocycles. The molecule has 0 spiro atoms. The molecule has 0 unspecified atom stereocenters. The number of hydrogen-bond acceptors (Lipinski definition) is 2. The molecular weight excluding hydrogens is 272 g/mol. The highest BCUT2D eigenvalue weighted by Crippen LogP contribution is 2.29. The van der Waals surface area contributed by atoms with E-state index < -0.39 is 11.6 Å². The Morgan fingerprint density at radius 2 is 2.19 bits per heavy atom. The number of aromatic carboxylic acids is 1. The lowest BCUT2D eigenvalue weighted by Gasteiger charge is -2.21. The number of ether oxygens (including phenoxy) is 1. The van der Waals surface area contributed by atoms with E-state index in [0.29, 0.717) is 10.2 Å². The summed E-state index contributed by atoms with van der Waals surface area (Å²) < 4.78 is 6.11. The first kappa shape index (κ1) is 12.6. The van der Waals surface area contributed by atoms with Crippen LogP contribution in [0.5, 0.6) is 5.75 Å². The lowest BCUT2D eigenvalue weighted by molar-refractivity contribution is 0.0696. The van der Waals surface area contributed by atoms with E-state index in [9.17, 15) is 4.79 Å². The monoisotopic (exact) mass is 282 g/mol. The number of carboxylic acids is 1. The number of carbonyl (C=O) groups is 1. The fourth-order valence-electron chi connectivity index (χ4n) is 1.02. The Bertz CT molecular complexity index is 458. The number of carboxylic acid groups (broad SMARTS) is 1. The van der Waals surface area contributed by atoms with Crippen molar-refractivity contribution >= 4 is 21.9 Å². The average Bonchev–Trinajstić information content (AvgIpc) is 2.20. The zero-order chi connectivity index (χ0) is 12.3. The SMILES string of the molecule is C#CC(C)(C)Oc1ccc(C(=O)O)cc1Br. The summed E-state index contributed by atoms with van der Waals surface area (Å²) in [5.74, 6) is 2.03. The summed E-state index contributed by atoms with van der Waals surface area (Å²) in [5.41, 5.74) is -0.537. The molecule has 0 saturated carbocycles. The van der Waals surface area contributed by atoms with E-state index in [1.165, 1.54) is 12.1 Å². The second-order valence-electron chi connectivity index (χ2n) is 3.71. The van der Waals surface area contributed by atoms with Crippen LogP contribution in [0.1, 0.15) is 24.2 Å². The Labute approximate surface area is 103 Å². The van der Waals surface area contributed by atoms with Crippen LogP contribution in [0.4, 0.5) is 0 Å². The van der Waals surface area contributed by atoms with E-state index in [1.54, 1.807) is 19.9 Å². The standard InChI is InChI=1S/C12H11BrO3/c1-4-12(2,3)16-10-6-5-8(11(14)15)7-9(10)13/h1,5-7H,2-3H3,(H,14,15). The molecule has 0 aliphatic heterocycles. The van der Waals surface area contributed by atoms with Gasteiger partial charge in [0, 0.05) is 0 Å². The Balaban J connectivity index is 3.02. The van der Waals surface area contributed by atoms with E-state index in [4.69, 9.17) is 16.3 Å².